The van der Waals surface area contributed by atoms with Crippen molar-refractivity contribution in [3.63, 3.8) is 0 Å². The van der Waals surface area contributed by atoms with E-state index in [9.17, 15) is 19.2 Å². The summed E-state index contributed by atoms with van der Waals surface area (Å²) in [5.41, 5.74) is 3.08. The summed E-state index contributed by atoms with van der Waals surface area (Å²) in [7, 11) is 0. The monoisotopic (exact) mass is 431 g/mol. The lowest BCUT2D eigenvalue weighted by atomic mass is 9.81. The second kappa shape index (κ2) is 7.69. The summed E-state index contributed by atoms with van der Waals surface area (Å²) in [5, 5.41) is 0. The molecule has 0 radical (unpaired) electrons. The highest BCUT2D eigenvalue weighted by molar-refractivity contribution is 6.22. The van der Waals surface area contributed by atoms with Crippen LogP contribution in [0.4, 0.5) is 5.69 Å². The molecular weight excluding hydrogens is 406 g/mol. The Hall–Kier alpha value is -3.28. The molecule has 0 unspecified atom stereocenters. The number of hydrogen-bond acceptors (Lipinski definition) is 5. The summed E-state index contributed by atoms with van der Waals surface area (Å²) in [6.07, 6.45) is 3.06. The van der Waals surface area contributed by atoms with Gasteiger partial charge in [0, 0.05) is 5.56 Å². The van der Waals surface area contributed by atoms with Crippen molar-refractivity contribution >= 4 is 29.3 Å². The Kier molecular flexibility index (Phi) is 4.96. The molecular formula is C26H25NO5. The Morgan fingerprint density at radius 3 is 2.19 bits per heavy atom. The van der Waals surface area contributed by atoms with Crippen molar-refractivity contribution in [1.82, 2.24) is 0 Å². The fourth-order valence-electron chi connectivity index (χ4n) is 5.74. The van der Waals surface area contributed by atoms with Gasteiger partial charge in [0.2, 0.25) is 17.6 Å². The number of Topliss-reactive ketones (excluding diaryl/α,β-unsaturated/α-hetero) is 1. The van der Waals surface area contributed by atoms with Crippen LogP contribution in [0, 0.1) is 37.5 Å². The number of fused-ring (bicyclic) bond motifs is 5. The summed E-state index contributed by atoms with van der Waals surface area (Å²) in [4.78, 5) is 52.1. The van der Waals surface area contributed by atoms with Crippen LogP contribution in [0.25, 0.3) is 0 Å². The van der Waals surface area contributed by atoms with E-state index in [1.54, 1.807) is 18.2 Å². The van der Waals surface area contributed by atoms with E-state index >= 15 is 0 Å². The van der Waals surface area contributed by atoms with Crippen molar-refractivity contribution < 1.29 is 23.9 Å². The molecule has 0 aromatic heterocycles. The van der Waals surface area contributed by atoms with E-state index in [1.165, 1.54) is 17.0 Å². The Morgan fingerprint density at radius 2 is 1.56 bits per heavy atom. The molecule has 0 spiro atoms. The minimum absolute atomic E-state index is 0.110. The predicted molar refractivity (Wildman–Crippen MR) is 117 cm³/mol. The van der Waals surface area contributed by atoms with Crippen molar-refractivity contribution in [1.29, 1.82) is 0 Å². The van der Waals surface area contributed by atoms with Gasteiger partial charge in [-0.15, -0.1) is 0 Å². The molecule has 1 heterocycles. The van der Waals surface area contributed by atoms with E-state index in [4.69, 9.17) is 4.74 Å². The first-order valence-electron chi connectivity index (χ1n) is 11.1. The molecule has 0 N–H and O–H groups in total. The van der Waals surface area contributed by atoms with Crippen LogP contribution in [0.3, 0.4) is 0 Å². The third-order valence-electron chi connectivity index (χ3n) is 7.32. The van der Waals surface area contributed by atoms with Crippen LogP contribution in [0.5, 0.6) is 0 Å². The minimum Gasteiger partial charge on any atom is -0.454 e. The second-order valence-electron chi connectivity index (χ2n) is 9.26. The molecule has 2 aromatic rings. The van der Waals surface area contributed by atoms with Crippen LogP contribution in [-0.4, -0.2) is 30.2 Å². The van der Waals surface area contributed by atoms with Gasteiger partial charge >= 0.3 is 5.97 Å². The van der Waals surface area contributed by atoms with Gasteiger partial charge in [-0.05, 0) is 80.8 Å². The summed E-state index contributed by atoms with van der Waals surface area (Å²) in [6.45, 7) is 3.39. The lowest BCUT2D eigenvalue weighted by molar-refractivity contribution is -0.123. The molecule has 6 heteroatoms. The number of hydrogen-bond donors (Lipinski definition) is 0. The Balaban J connectivity index is 1.25. The van der Waals surface area contributed by atoms with Crippen LogP contribution in [0.1, 0.15) is 51.1 Å². The number of nitrogens with zero attached hydrogens (tertiary/aromatic N) is 1. The summed E-state index contributed by atoms with van der Waals surface area (Å²) in [6, 6.07) is 11.8. The van der Waals surface area contributed by atoms with Crippen molar-refractivity contribution in [2.75, 3.05) is 11.5 Å². The maximum absolute atomic E-state index is 12.9. The average Bonchev–Trinajstić information content (AvgIpc) is 3.47. The van der Waals surface area contributed by atoms with Gasteiger partial charge < -0.3 is 4.74 Å². The molecule has 2 amide bonds. The van der Waals surface area contributed by atoms with Crippen molar-refractivity contribution in [3.8, 4) is 0 Å². The average molecular weight is 431 g/mol. The fourth-order valence-corrected chi connectivity index (χ4v) is 5.74. The summed E-state index contributed by atoms with van der Waals surface area (Å²) >= 11 is 0. The number of carbonyl (C=O) groups excluding carboxylic acids is 4. The van der Waals surface area contributed by atoms with Crippen LogP contribution in [-0.2, 0) is 14.3 Å². The summed E-state index contributed by atoms with van der Waals surface area (Å²) < 4.78 is 5.21. The largest absolute Gasteiger partial charge is 0.454 e. The molecule has 2 aromatic carbocycles. The topological polar surface area (TPSA) is 80.8 Å². The molecule has 2 saturated carbocycles. The summed E-state index contributed by atoms with van der Waals surface area (Å²) in [5.74, 6) is -0.799. The van der Waals surface area contributed by atoms with E-state index in [-0.39, 0.29) is 41.6 Å². The molecule has 5 rings (SSSR count). The second-order valence-corrected chi connectivity index (χ2v) is 9.26. The van der Waals surface area contributed by atoms with Gasteiger partial charge in [-0.25, -0.2) is 4.79 Å². The molecule has 1 saturated heterocycles. The molecule has 32 heavy (non-hydrogen) atoms. The third-order valence-corrected chi connectivity index (χ3v) is 7.32. The van der Waals surface area contributed by atoms with E-state index in [2.05, 4.69) is 0 Å². The molecule has 2 bridgehead atoms. The van der Waals surface area contributed by atoms with Gasteiger partial charge in [0.05, 0.1) is 23.1 Å². The molecule has 164 valence electrons. The minimum atomic E-state index is -0.621. The lowest BCUT2D eigenvalue weighted by Gasteiger charge is -2.19. The number of anilines is 1. The highest BCUT2D eigenvalue weighted by Gasteiger charge is 2.61. The van der Waals surface area contributed by atoms with Gasteiger partial charge in [-0.1, -0.05) is 17.7 Å². The van der Waals surface area contributed by atoms with E-state index < -0.39 is 5.97 Å². The standard InChI is InChI=1S/C26H25NO5/c1-14-3-4-15(2)20(11-14)21(28)13-32-26(31)16-7-9-19(10-8-16)27-24(29)22-17-5-6-18(12-17)23(22)25(27)30/h3-4,7-11,17-18,22-23H,5-6,12-13H2,1-2H3/t17-,18-,22-,23-/m0/s1. The zero-order chi connectivity index (χ0) is 22.6. The van der Waals surface area contributed by atoms with E-state index in [1.807, 2.05) is 26.0 Å². The van der Waals surface area contributed by atoms with Crippen molar-refractivity contribution in [2.45, 2.75) is 33.1 Å². The van der Waals surface area contributed by atoms with Gasteiger partial charge in [-0.2, -0.15) is 0 Å². The van der Waals surface area contributed by atoms with E-state index in [0.29, 0.717) is 23.1 Å². The number of rotatable bonds is 5. The van der Waals surface area contributed by atoms with Gasteiger partial charge in [0.1, 0.15) is 0 Å². The van der Waals surface area contributed by atoms with Crippen LogP contribution in [0.15, 0.2) is 42.5 Å². The van der Waals surface area contributed by atoms with Crippen LogP contribution >= 0.6 is 0 Å². The molecule has 1 aliphatic heterocycles. The first-order valence-corrected chi connectivity index (χ1v) is 11.1. The Labute approximate surface area is 186 Å². The number of esters is 1. The highest BCUT2D eigenvalue weighted by Crippen LogP contribution is 2.56. The highest BCUT2D eigenvalue weighted by atomic mass is 16.5. The molecule has 2 aliphatic carbocycles. The zero-order valence-corrected chi connectivity index (χ0v) is 18.2. The Bertz CT molecular complexity index is 1110. The Morgan fingerprint density at radius 1 is 0.938 bits per heavy atom. The quantitative estimate of drug-likeness (QED) is 0.408. The molecule has 3 aliphatic rings. The predicted octanol–water partition coefficient (Wildman–Crippen LogP) is 3.88. The lowest BCUT2D eigenvalue weighted by Crippen LogP contribution is -2.32. The number of benzene rings is 2. The van der Waals surface area contributed by atoms with Crippen molar-refractivity contribution in [3.05, 3.63) is 64.7 Å². The van der Waals surface area contributed by atoms with Gasteiger partial charge in [-0.3, -0.25) is 19.3 Å². The van der Waals surface area contributed by atoms with E-state index in [0.717, 1.165) is 30.4 Å². The number of ketones is 1. The SMILES string of the molecule is Cc1ccc(C)c(C(=O)COC(=O)c2ccc(N3C(=O)[C@H]4[C@H]5CC[C@@H](C5)[C@@H]4C3=O)cc2)c1. The number of amides is 2. The first kappa shape index (κ1) is 20.6. The van der Waals surface area contributed by atoms with Crippen molar-refractivity contribution in [2.24, 2.45) is 23.7 Å². The molecule has 6 nitrogen and oxygen atoms in total. The van der Waals surface area contributed by atoms with Gasteiger partial charge in [0.15, 0.2) is 6.61 Å². The number of ether oxygens (including phenoxy) is 1. The number of aryl methyl sites for hydroxylation is 2. The maximum atomic E-state index is 12.9. The number of imide groups is 1. The normalized spacial score (nSPS) is 25.9. The zero-order valence-electron chi connectivity index (χ0n) is 18.2. The fraction of sp³-hybridized carbons (Fsp3) is 0.385. The van der Waals surface area contributed by atoms with Crippen LogP contribution < -0.4 is 4.90 Å². The maximum Gasteiger partial charge on any atom is 0.338 e. The molecule has 3 fully saturated rings. The molecule has 4 atom stereocenters. The number of carbonyl (C=O) groups is 4. The van der Waals surface area contributed by atoms with Gasteiger partial charge in [0.25, 0.3) is 0 Å². The first-order chi connectivity index (χ1) is 15.3. The van der Waals surface area contributed by atoms with Crippen LogP contribution in [0.2, 0.25) is 0 Å². The third kappa shape index (κ3) is 3.25. The smallest absolute Gasteiger partial charge is 0.338 e.